The molecule has 0 spiro atoms. The number of hydrogen-bond acceptors (Lipinski definition) is 5. The predicted octanol–water partition coefficient (Wildman–Crippen LogP) is 5.09. The molecule has 2 aromatic heterocycles. The van der Waals surface area contributed by atoms with Gasteiger partial charge in [0.1, 0.15) is 18.1 Å². The lowest BCUT2D eigenvalue weighted by Crippen LogP contribution is -2.25. The lowest BCUT2D eigenvalue weighted by molar-refractivity contribution is 0.294. The fourth-order valence-corrected chi connectivity index (χ4v) is 3.52. The zero-order valence-electron chi connectivity index (χ0n) is 18.6. The van der Waals surface area contributed by atoms with E-state index < -0.39 is 0 Å². The number of aryl methyl sites for hydroxylation is 1. The van der Waals surface area contributed by atoms with Gasteiger partial charge in [-0.3, -0.25) is 4.79 Å². The van der Waals surface area contributed by atoms with Gasteiger partial charge < -0.3 is 14.0 Å². The lowest BCUT2D eigenvalue weighted by atomic mass is 10.1. The van der Waals surface area contributed by atoms with Crippen molar-refractivity contribution in [3.8, 4) is 11.5 Å². The molecule has 0 aliphatic rings. The highest BCUT2D eigenvalue weighted by Crippen LogP contribution is 2.23. The van der Waals surface area contributed by atoms with Crippen molar-refractivity contribution in [1.29, 1.82) is 0 Å². The summed E-state index contributed by atoms with van der Waals surface area (Å²) >= 11 is 0. The summed E-state index contributed by atoms with van der Waals surface area (Å²) in [7, 11) is 0. The number of pyridine rings is 1. The summed E-state index contributed by atoms with van der Waals surface area (Å²) in [6.07, 6.45) is 8.08. The molecule has 0 radical (unpaired) electrons. The summed E-state index contributed by atoms with van der Waals surface area (Å²) in [6, 6.07) is 13.0. The molecule has 0 fully saturated rings. The van der Waals surface area contributed by atoms with Crippen LogP contribution in [0.15, 0.2) is 59.7 Å². The Labute approximate surface area is 183 Å². The van der Waals surface area contributed by atoms with Crippen LogP contribution < -0.4 is 15.0 Å². The average molecular weight is 422 g/mol. The second-order valence-corrected chi connectivity index (χ2v) is 7.65. The molecule has 6 heteroatoms. The third-order valence-corrected chi connectivity index (χ3v) is 5.24. The van der Waals surface area contributed by atoms with Gasteiger partial charge in [-0.15, -0.1) is 0 Å². The van der Waals surface area contributed by atoms with Gasteiger partial charge in [0, 0.05) is 24.2 Å². The summed E-state index contributed by atoms with van der Waals surface area (Å²) in [6.45, 7) is 7.10. The molecule has 6 nitrogen and oxygen atoms in total. The zero-order chi connectivity index (χ0) is 22.1. The predicted molar refractivity (Wildman–Crippen MR) is 122 cm³/mol. The Morgan fingerprint density at radius 1 is 0.968 bits per heavy atom. The number of benzene rings is 1. The summed E-state index contributed by atoms with van der Waals surface area (Å²) in [5, 5.41) is 0. The maximum Gasteiger partial charge on any atom is 0.254 e. The zero-order valence-corrected chi connectivity index (χ0v) is 18.6. The Hall–Kier alpha value is -3.15. The fourth-order valence-electron chi connectivity index (χ4n) is 3.52. The second kappa shape index (κ2) is 11.3. The molecule has 0 aliphatic heterocycles. The van der Waals surface area contributed by atoms with Crippen molar-refractivity contribution in [1.82, 2.24) is 14.5 Å². The molecule has 3 rings (SSSR count). The fraction of sp³-hybridized carbons (Fsp3) is 0.400. The molecule has 0 saturated heterocycles. The molecule has 1 aromatic carbocycles. The van der Waals surface area contributed by atoms with Crippen LogP contribution in [-0.4, -0.2) is 21.1 Å². The first-order chi connectivity index (χ1) is 15.1. The van der Waals surface area contributed by atoms with Crippen molar-refractivity contribution < 1.29 is 9.47 Å². The molecule has 0 N–H and O–H groups in total. The van der Waals surface area contributed by atoms with Crippen LogP contribution in [0.25, 0.3) is 0 Å². The van der Waals surface area contributed by atoms with Crippen molar-refractivity contribution >= 4 is 0 Å². The van der Waals surface area contributed by atoms with E-state index in [2.05, 4.69) is 16.9 Å². The monoisotopic (exact) mass is 421 g/mol. The molecule has 164 valence electrons. The Morgan fingerprint density at radius 2 is 1.71 bits per heavy atom. The van der Waals surface area contributed by atoms with Gasteiger partial charge in [0.05, 0.1) is 12.6 Å². The molecule has 0 saturated carbocycles. The quantitative estimate of drug-likeness (QED) is 0.403. The number of nitrogens with zero attached hydrogens (tertiary/aromatic N) is 3. The van der Waals surface area contributed by atoms with E-state index in [1.54, 1.807) is 23.0 Å². The smallest absolute Gasteiger partial charge is 0.254 e. The van der Waals surface area contributed by atoms with Crippen molar-refractivity contribution in [3.63, 3.8) is 0 Å². The number of hydrogen-bond donors (Lipinski definition) is 0. The minimum Gasteiger partial charge on any atom is -0.494 e. The van der Waals surface area contributed by atoms with E-state index in [4.69, 9.17) is 9.47 Å². The van der Waals surface area contributed by atoms with Crippen LogP contribution >= 0.6 is 0 Å². The van der Waals surface area contributed by atoms with Crippen molar-refractivity contribution in [2.75, 3.05) is 6.61 Å². The Kier molecular flexibility index (Phi) is 8.21. The molecular formula is C25H31N3O3. The third kappa shape index (κ3) is 6.41. The standard InChI is InChI=1S/C25H31N3O3/c1-4-5-6-7-15-30-22-11-9-21(10-12-22)20(3)28-19(2)16-23(17-25(28)29)31-18-24-26-13-8-14-27-24/h8-14,16-17,20H,4-7,15,18H2,1-3H3/t20-/m1/s1. The minimum atomic E-state index is -0.104. The van der Waals surface area contributed by atoms with Crippen molar-refractivity contribution in [3.05, 3.63) is 82.3 Å². The van der Waals surface area contributed by atoms with Gasteiger partial charge in [-0.05, 0) is 50.1 Å². The van der Waals surface area contributed by atoms with Crippen LogP contribution in [0, 0.1) is 6.92 Å². The third-order valence-electron chi connectivity index (χ3n) is 5.24. The first kappa shape index (κ1) is 22.5. The molecule has 0 unspecified atom stereocenters. The molecule has 0 bridgehead atoms. The highest BCUT2D eigenvalue weighted by molar-refractivity contribution is 5.31. The highest BCUT2D eigenvalue weighted by Gasteiger charge is 2.14. The van der Waals surface area contributed by atoms with E-state index in [1.165, 1.54) is 25.3 Å². The van der Waals surface area contributed by atoms with E-state index in [0.717, 1.165) is 30.0 Å². The van der Waals surface area contributed by atoms with E-state index in [1.807, 2.05) is 44.2 Å². The average Bonchev–Trinajstić information content (AvgIpc) is 2.78. The highest BCUT2D eigenvalue weighted by atomic mass is 16.5. The first-order valence-corrected chi connectivity index (χ1v) is 10.9. The number of rotatable bonds is 11. The van der Waals surface area contributed by atoms with E-state index in [9.17, 15) is 4.79 Å². The molecule has 0 aliphatic carbocycles. The summed E-state index contributed by atoms with van der Waals surface area (Å²) < 4.78 is 13.3. The van der Waals surface area contributed by atoms with Crippen LogP contribution in [-0.2, 0) is 6.61 Å². The topological polar surface area (TPSA) is 66.2 Å². The van der Waals surface area contributed by atoms with E-state index in [0.29, 0.717) is 11.6 Å². The van der Waals surface area contributed by atoms with Crippen molar-refractivity contribution in [2.45, 2.75) is 59.1 Å². The second-order valence-electron chi connectivity index (χ2n) is 7.65. The van der Waals surface area contributed by atoms with Crippen LogP contribution in [0.5, 0.6) is 11.5 Å². The summed E-state index contributed by atoms with van der Waals surface area (Å²) in [5.41, 5.74) is 1.78. The number of ether oxygens (including phenoxy) is 2. The molecule has 0 amide bonds. The molecule has 3 aromatic rings. The maximum absolute atomic E-state index is 12.8. The van der Waals surface area contributed by atoms with Crippen LogP contribution in [0.1, 0.15) is 62.7 Å². The number of aromatic nitrogens is 3. The van der Waals surface area contributed by atoms with Crippen LogP contribution in [0.3, 0.4) is 0 Å². The first-order valence-electron chi connectivity index (χ1n) is 10.9. The maximum atomic E-state index is 12.8. The van der Waals surface area contributed by atoms with Crippen molar-refractivity contribution in [2.24, 2.45) is 0 Å². The SMILES string of the molecule is CCCCCCOc1ccc([C@@H](C)n2c(C)cc(OCc3ncccn3)cc2=O)cc1. The Bertz CT molecular complexity index is 1000. The largest absolute Gasteiger partial charge is 0.494 e. The molecule has 31 heavy (non-hydrogen) atoms. The van der Waals surface area contributed by atoms with Gasteiger partial charge in [-0.25, -0.2) is 9.97 Å². The van der Waals surface area contributed by atoms with Crippen LogP contribution in [0.2, 0.25) is 0 Å². The van der Waals surface area contributed by atoms with Crippen LogP contribution in [0.4, 0.5) is 0 Å². The van der Waals surface area contributed by atoms with Gasteiger partial charge in [0.2, 0.25) is 0 Å². The molecule has 1 atom stereocenters. The summed E-state index contributed by atoms with van der Waals surface area (Å²) in [4.78, 5) is 21.1. The Balaban J connectivity index is 1.64. The van der Waals surface area contributed by atoms with Gasteiger partial charge >= 0.3 is 0 Å². The van der Waals surface area contributed by atoms with Gasteiger partial charge in [-0.2, -0.15) is 0 Å². The number of unbranched alkanes of at least 4 members (excludes halogenated alkanes) is 3. The molecule has 2 heterocycles. The van der Waals surface area contributed by atoms with Gasteiger partial charge in [0.15, 0.2) is 5.82 Å². The summed E-state index contributed by atoms with van der Waals surface area (Å²) in [5.74, 6) is 1.96. The lowest BCUT2D eigenvalue weighted by Gasteiger charge is -2.20. The normalized spacial score (nSPS) is 11.8. The van der Waals surface area contributed by atoms with Gasteiger partial charge in [0.25, 0.3) is 5.56 Å². The van der Waals surface area contributed by atoms with E-state index >= 15 is 0 Å². The minimum absolute atomic E-state index is 0.0994. The van der Waals surface area contributed by atoms with Gasteiger partial charge in [-0.1, -0.05) is 38.3 Å². The Morgan fingerprint density at radius 3 is 2.39 bits per heavy atom. The van der Waals surface area contributed by atoms with E-state index in [-0.39, 0.29) is 18.2 Å². The molecular weight excluding hydrogens is 390 g/mol.